The molecule has 0 radical (unpaired) electrons. The van der Waals surface area contributed by atoms with Gasteiger partial charge in [-0.1, -0.05) is 54.9 Å². The van der Waals surface area contributed by atoms with Crippen molar-refractivity contribution in [3.05, 3.63) is 53.9 Å². The fraction of sp³-hybridized carbons (Fsp3) is 0.333. The third-order valence-corrected chi connectivity index (χ3v) is 4.29. The number of hydrogen-bond donors (Lipinski definition) is 0. The van der Waals surface area contributed by atoms with Gasteiger partial charge in [0.2, 0.25) is 11.1 Å². The first-order valence-electron chi connectivity index (χ1n) is 7.51. The first kappa shape index (κ1) is 17.3. The van der Waals surface area contributed by atoms with Crippen LogP contribution in [0.5, 0.6) is 0 Å². The minimum atomic E-state index is -0.735. The van der Waals surface area contributed by atoms with Gasteiger partial charge >= 0.3 is 0 Å². The SMILES string of the molecule is CCC#CC(C)SC(=O)c1c(F)ncn1[C@H](C)c1ccccc1. The molecule has 0 saturated heterocycles. The molecule has 0 amide bonds. The second kappa shape index (κ2) is 7.98. The Hall–Kier alpha value is -2.06. The van der Waals surface area contributed by atoms with Gasteiger partial charge in [0.15, 0.2) is 5.69 Å². The third kappa shape index (κ3) is 4.23. The molecule has 120 valence electrons. The summed E-state index contributed by atoms with van der Waals surface area (Å²) < 4.78 is 15.6. The Morgan fingerprint density at radius 1 is 1.35 bits per heavy atom. The van der Waals surface area contributed by atoms with Gasteiger partial charge in [0, 0.05) is 6.42 Å². The van der Waals surface area contributed by atoms with Gasteiger partial charge in [-0.2, -0.15) is 4.39 Å². The van der Waals surface area contributed by atoms with Crippen LogP contribution in [0.3, 0.4) is 0 Å². The summed E-state index contributed by atoms with van der Waals surface area (Å²) in [4.78, 5) is 16.1. The summed E-state index contributed by atoms with van der Waals surface area (Å²) in [6.07, 6.45) is 2.11. The molecule has 5 heteroatoms. The first-order valence-corrected chi connectivity index (χ1v) is 8.39. The maximum Gasteiger partial charge on any atom is 0.242 e. The number of hydrogen-bond acceptors (Lipinski definition) is 3. The molecule has 3 nitrogen and oxygen atoms in total. The molecular formula is C18H19FN2OS. The lowest BCUT2D eigenvalue weighted by Crippen LogP contribution is -2.14. The molecule has 1 heterocycles. The lowest BCUT2D eigenvalue weighted by molar-refractivity contribution is 0.107. The van der Waals surface area contributed by atoms with E-state index in [9.17, 15) is 9.18 Å². The molecule has 0 fully saturated rings. The molecule has 2 aromatic rings. The summed E-state index contributed by atoms with van der Waals surface area (Å²) >= 11 is 1.02. The van der Waals surface area contributed by atoms with E-state index < -0.39 is 5.95 Å². The van der Waals surface area contributed by atoms with Crippen LogP contribution in [0.25, 0.3) is 0 Å². The molecule has 0 aliphatic rings. The summed E-state index contributed by atoms with van der Waals surface area (Å²) in [7, 11) is 0. The number of carbonyl (C=O) groups excluding carboxylic acids is 1. The normalized spacial score (nSPS) is 13.0. The second-order valence-electron chi connectivity index (χ2n) is 5.10. The summed E-state index contributed by atoms with van der Waals surface area (Å²) in [5, 5.41) is -0.530. The number of carbonyl (C=O) groups is 1. The van der Waals surface area contributed by atoms with E-state index >= 15 is 0 Å². The Labute approximate surface area is 140 Å². The molecule has 1 aromatic heterocycles. The highest BCUT2D eigenvalue weighted by Gasteiger charge is 2.24. The Morgan fingerprint density at radius 2 is 2.04 bits per heavy atom. The van der Waals surface area contributed by atoms with Gasteiger partial charge in [0.1, 0.15) is 0 Å². The monoisotopic (exact) mass is 330 g/mol. The van der Waals surface area contributed by atoms with Crippen LogP contribution in [-0.4, -0.2) is 19.9 Å². The van der Waals surface area contributed by atoms with Gasteiger partial charge in [-0.3, -0.25) is 4.79 Å². The Bertz CT molecular complexity index is 730. The first-order chi connectivity index (χ1) is 11.0. The molecule has 0 aliphatic heterocycles. The van der Waals surface area contributed by atoms with E-state index in [1.165, 1.54) is 6.33 Å². The summed E-state index contributed by atoms with van der Waals surface area (Å²) in [6, 6.07) is 9.46. The molecule has 2 rings (SSSR count). The van der Waals surface area contributed by atoms with Gasteiger partial charge in [0.25, 0.3) is 0 Å². The summed E-state index contributed by atoms with van der Waals surface area (Å²) in [5.41, 5.74) is 0.985. The number of imidazole rings is 1. The molecular weight excluding hydrogens is 311 g/mol. The number of halogens is 1. The molecule has 0 bridgehead atoms. The van der Waals surface area contributed by atoms with Crippen LogP contribution in [-0.2, 0) is 0 Å². The van der Waals surface area contributed by atoms with E-state index in [0.717, 1.165) is 23.7 Å². The Morgan fingerprint density at radius 3 is 2.70 bits per heavy atom. The quantitative estimate of drug-likeness (QED) is 0.784. The molecule has 23 heavy (non-hydrogen) atoms. The van der Waals surface area contributed by atoms with Crippen molar-refractivity contribution < 1.29 is 9.18 Å². The van der Waals surface area contributed by atoms with Crippen LogP contribution < -0.4 is 0 Å². The van der Waals surface area contributed by atoms with Crippen molar-refractivity contribution >= 4 is 16.9 Å². The van der Waals surface area contributed by atoms with Crippen LogP contribution >= 0.6 is 11.8 Å². The van der Waals surface area contributed by atoms with Crippen molar-refractivity contribution in [2.45, 2.75) is 38.5 Å². The smallest absolute Gasteiger partial charge is 0.242 e. The highest BCUT2D eigenvalue weighted by molar-refractivity contribution is 8.14. The van der Waals surface area contributed by atoms with E-state index in [0.29, 0.717) is 0 Å². The van der Waals surface area contributed by atoms with Crippen molar-refractivity contribution in [1.82, 2.24) is 9.55 Å². The van der Waals surface area contributed by atoms with Crippen molar-refractivity contribution in [2.75, 3.05) is 0 Å². The number of thioether (sulfide) groups is 1. The van der Waals surface area contributed by atoms with Gasteiger partial charge in [-0.15, -0.1) is 5.92 Å². The molecule has 2 atom stereocenters. The Balaban J connectivity index is 2.26. The number of rotatable bonds is 4. The number of benzene rings is 1. The molecule has 0 saturated carbocycles. The maximum absolute atomic E-state index is 14.0. The summed E-state index contributed by atoms with van der Waals surface area (Å²) in [6.45, 7) is 5.70. The highest BCUT2D eigenvalue weighted by atomic mass is 32.2. The van der Waals surface area contributed by atoms with E-state index in [2.05, 4.69) is 16.8 Å². The van der Waals surface area contributed by atoms with Crippen LogP contribution in [0.1, 0.15) is 49.3 Å². The molecule has 0 aliphatic carbocycles. The van der Waals surface area contributed by atoms with Crippen molar-refractivity contribution in [2.24, 2.45) is 0 Å². The van der Waals surface area contributed by atoms with Crippen molar-refractivity contribution in [1.29, 1.82) is 0 Å². The minimum Gasteiger partial charge on any atom is -0.318 e. The van der Waals surface area contributed by atoms with Crippen LogP contribution in [0.4, 0.5) is 4.39 Å². The lowest BCUT2D eigenvalue weighted by Gasteiger charge is -2.16. The maximum atomic E-state index is 14.0. The fourth-order valence-electron chi connectivity index (χ4n) is 2.21. The highest BCUT2D eigenvalue weighted by Crippen LogP contribution is 2.25. The topological polar surface area (TPSA) is 34.9 Å². The van der Waals surface area contributed by atoms with E-state index in [1.54, 1.807) is 4.57 Å². The van der Waals surface area contributed by atoms with Gasteiger partial charge in [-0.25, -0.2) is 4.98 Å². The van der Waals surface area contributed by atoms with E-state index in [1.807, 2.05) is 51.1 Å². The Kier molecular flexibility index (Phi) is 6.00. The third-order valence-electron chi connectivity index (χ3n) is 3.41. The summed E-state index contributed by atoms with van der Waals surface area (Å²) in [5.74, 6) is 5.17. The predicted molar refractivity (Wildman–Crippen MR) is 91.9 cm³/mol. The number of nitrogens with zero attached hydrogens (tertiary/aromatic N) is 2. The molecule has 1 aromatic carbocycles. The van der Waals surface area contributed by atoms with Crippen LogP contribution in [0.2, 0.25) is 0 Å². The van der Waals surface area contributed by atoms with Gasteiger partial charge in [0.05, 0.1) is 17.6 Å². The molecule has 0 spiro atoms. The minimum absolute atomic E-state index is 0.00324. The number of aromatic nitrogens is 2. The van der Waals surface area contributed by atoms with Gasteiger partial charge < -0.3 is 4.57 Å². The molecule has 1 unspecified atom stereocenters. The zero-order valence-corrected chi connectivity index (χ0v) is 14.2. The van der Waals surface area contributed by atoms with Gasteiger partial charge in [-0.05, 0) is 19.4 Å². The van der Waals surface area contributed by atoms with E-state index in [-0.39, 0.29) is 22.1 Å². The predicted octanol–water partition coefficient (Wildman–Crippen LogP) is 4.31. The fourth-order valence-corrected chi connectivity index (χ4v) is 2.97. The average molecular weight is 330 g/mol. The van der Waals surface area contributed by atoms with Crippen molar-refractivity contribution in [3.63, 3.8) is 0 Å². The average Bonchev–Trinajstić information content (AvgIpc) is 2.94. The van der Waals surface area contributed by atoms with E-state index in [4.69, 9.17) is 0 Å². The van der Waals surface area contributed by atoms with Crippen LogP contribution in [0, 0.1) is 17.8 Å². The second-order valence-corrected chi connectivity index (χ2v) is 6.41. The zero-order valence-electron chi connectivity index (χ0n) is 13.4. The van der Waals surface area contributed by atoms with Crippen molar-refractivity contribution in [3.8, 4) is 11.8 Å². The zero-order chi connectivity index (χ0) is 16.8. The lowest BCUT2D eigenvalue weighted by atomic mass is 10.1. The molecule has 0 N–H and O–H groups in total. The largest absolute Gasteiger partial charge is 0.318 e. The van der Waals surface area contributed by atoms with Crippen LogP contribution in [0.15, 0.2) is 36.7 Å². The standard InChI is InChI=1S/C18H19FN2OS/c1-4-5-9-13(2)23-18(22)16-17(19)20-12-21(16)14(3)15-10-7-6-8-11-15/h6-8,10-14H,4H2,1-3H3/t13?,14-/m1/s1.